The molecule has 0 fully saturated rings. The van der Waals surface area contributed by atoms with Crippen LogP contribution in [0.2, 0.25) is 0 Å². The first-order chi connectivity index (χ1) is 8.08. The van der Waals surface area contributed by atoms with E-state index in [1.54, 1.807) is 18.7 Å². The molecule has 2 aromatic rings. The highest BCUT2D eigenvalue weighted by atomic mass is 32.2. The molecule has 0 amide bonds. The monoisotopic (exact) mass is 270 g/mol. The van der Waals surface area contributed by atoms with E-state index in [1.807, 2.05) is 18.4 Å². The number of nitrogens with one attached hydrogen (secondary N) is 1. The summed E-state index contributed by atoms with van der Waals surface area (Å²) in [5.41, 5.74) is 0.671. The predicted molar refractivity (Wildman–Crippen MR) is 72.7 cm³/mol. The fraction of sp³-hybridized carbons (Fsp3) is 0.455. The Morgan fingerprint density at radius 3 is 3.06 bits per heavy atom. The molecule has 0 aliphatic rings. The molecule has 0 aliphatic heterocycles. The van der Waals surface area contributed by atoms with Gasteiger partial charge < -0.3 is 10.1 Å². The highest BCUT2D eigenvalue weighted by Crippen LogP contribution is 2.19. The Balaban J connectivity index is 2.16. The Hall–Kier alpha value is -0.850. The zero-order chi connectivity index (χ0) is 12.4. The van der Waals surface area contributed by atoms with Crippen molar-refractivity contribution in [3.63, 3.8) is 0 Å². The summed E-state index contributed by atoms with van der Waals surface area (Å²) in [6.45, 7) is 3.71. The zero-order valence-corrected chi connectivity index (χ0v) is 11.3. The average molecular weight is 270 g/mol. The van der Waals surface area contributed by atoms with Crippen LogP contribution in [0.3, 0.4) is 0 Å². The molecule has 2 unspecified atom stereocenters. The summed E-state index contributed by atoms with van der Waals surface area (Å²) in [4.78, 5) is 18.8. The molecule has 2 rings (SSSR count). The number of fused-ring (bicyclic) bond motifs is 1. The normalized spacial score (nSPS) is 15.0. The van der Waals surface area contributed by atoms with E-state index < -0.39 is 0 Å². The molecular formula is C11H14N2O2S2. The van der Waals surface area contributed by atoms with Crippen LogP contribution in [0.1, 0.15) is 19.7 Å². The third kappa shape index (κ3) is 2.88. The Morgan fingerprint density at radius 2 is 2.35 bits per heavy atom. The van der Waals surface area contributed by atoms with Gasteiger partial charge in [-0.05, 0) is 18.4 Å². The second-order valence-electron chi connectivity index (χ2n) is 3.90. The second kappa shape index (κ2) is 5.20. The first-order valence-corrected chi connectivity index (χ1v) is 7.27. The first kappa shape index (κ1) is 12.6. The molecule has 6 heteroatoms. The molecule has 2 aromatic heterocycles. The lowest BCUT2D eigenvalue weighted by Gasteiger charge is -2.13. The Labute approximate surface area is 107 Å². The van der Waals surface area contributed by atoms with Crippen molar-refractivity contribution in [1.29, 1.82) is 0 Å². The minimum atomic E-state index is -0.364. The summed E-state index contributed by atoms with van der Waals surface area (Å²) >= 11 is 2.98. The van der Waals surface area contributed by atoms with Crippen molar-refractivity contribution in [3.8, 4) is 0 Å². The van der Waals surface area contributed by atoms with E-state index in [0.29, 0.717) is 16.3 Å². The zero-order valence-electron chi connectivity index (χ0n) is 9.64. The third-order valence-corrected chi connectivity index (χ3v) is 4.79. The molecule has 0 aromatic carbocycles. The number of nitrogens with zero attached hydrogens (tertiary/aromatic N) is 1. The van der Waals surface area contributed by atoms with Crippen molar-refractivity contribution >= 4 is 33.3 Å². The summed E-state index contributed by atoms with van der Waals surface area (Å²) in [7, 11) is 0. The van der Waals surface area contributed by atoms with Gasteiger partial charge in [-0.1, -0.05) is 6.92 Å². The van der Waals surface area contributed by atoms with E-state index in [-0.39, 0.29) is 16.9 Å². The average Bonchev–Trinajstić information content (AvgIpc) is 2.74. The van der Waals surface area contributed by atoms with Crippen molar-refractivity contribution in [2.45, 2.75) is 31.0 Å². The Kier molecular flexibility index (Phi) is 3.86. The topological polar surface area (TPSA) is 66.0 Å². The van der Waals surface area contributed by atoms with Crippen LogP contribution in [-0.4, -0.2) is 26.4 Å². The van der Waals surface area contributed by atoms with Crippen LogP contribution in [0, 0.1) is 0 Å². The lowest BCUT2D eigenvalue weighted by Crippen LogP contribution is -2.16. The molecule has 2 N–H and O–H groups in total. The smallest absolute Gasteiger partial charge is 0.268 e. The fourth-order valence-electron chi connectivity index (χ4n) is 1.34. The van der Waals surface area contributed by atoms with E-state index in [4.69, 9.17) is 0 Å². The van der Waals surface area contributed by atoms with E-state index in [2.05, 4.69) is 9.97 Å². The molecule has 17 heavy (non-hydrogen) atoms. The SMILES string of the molecule is CC(O)C(C)SCc1nc2ccsc2c(=O)[nH]1. The number of thiophene rings is 1. The van der Waals surface area contributed by atoms with Crippen molar-refractivity contribution in [2.24, 2.45) is 0 Å². The number of aliphatic hydroxyl groups is 1. The summed E-state index contributed by atoms with van der Waals surface area (Å²) in [6.07, 6.45) is -0.364. The Bertz CT molecular complexity index is 562. The summed E-state index contributed by atoms with van der Waals surface area (Å²) in [5.74, 6) is 1.27. The van der Waals surface area contributed by atoms with E-state index in [9.17, 15) is 9.90 Å². The van der Waals surface area contributed by atoms with Gasteiger partial charge >= 0.3 is 0 Å². The van der Waals surface area contributed by atoms with Crippen LogP contribution in [0.4, 0.5) is 0 Å². The van der Waals surface area contributed by atoms with Gasteiger partial charge in [0.15, 0.2) is 0 Å². The van der Waals surface area contributed by atoms with Gasteiger partial charge in [-0.25, -0.2) is 4.98 Å². The van der Waals surface area contributed by atoms with Crippen LogP contribution in [-0.2, 0) is 5.75 Å². The number of rotatable bonds is 4. The molecule has 2 atom stereocenters. The maximum atomic E-state index is 11.7. The maximum Gasteiger partial charge on any atom is 0.268 e. The highest BCUT2D eigenvalue weighted by molar-refractivity contribution is 7.99. The van der Waals surface area contributed by atoms with Crippen molar-refractivity contribution < 1.29 is 5.11 Å². The van der Waals surface area contributed by atoms with Crippen molar-refractivity contribution in [2.75, 3.05) is 0 Å². The lowest BCUT2D eigenvalue weighted by molar-refractivity contribution is 0.196. The molecule has 0 bridgehead atoms. The lowest BCUT2D eigenvalue weighted by atomic mass is 10.3. The molecule has 0 spiro atoms. The van der Waals surface area contributed by atoms with Gasteiger partial charge in [0.2, 0.25) is 0 Å². The number of hydrogen-bond donors (Lipinski definition) is 2. The standard InChI is InChI=1S/C11H14N2O2S2/c1-6(14)7(2)17-5-9-12-8-3-4-16-10(8)11(15)13-9/h3-4,6-7,14H,5H2,1-2H3,(H,12,13,15). The number of aliphatic hydroxyl groups excluding tert-OH is 1. The van der Waals surface area contributed by atoms with Crippen LogP contribution in [0.25, 0.3) is 10.2 Å². The van der Waals surface area contributed by atoms with Gasteiger partial charge in [-0.2, -0.15) is 0 Å². The van der Waals surface area contributed by atoms with Gasteiger partial charge in [0, 0.05) is 5.25 Å². The Morgan fingerprint density at radius 1 is 1.59 bits per heavy atom. The molecule has 0 saturated carbocycles. The summed E-state index contributed by atoms with van der Waals surface area (Å²) in [5, 5.41) is 11.4. The largest absolute Gasteiger partial charge is 0.392 e. The number of aromatic amines is 1. The van der Waals surface area contributed by atoms with E-state index >= 15 is 0 Å². The number of H-pyrrole nitrogens is 1. The van der Waals surface area contributed by atoms with E-state index in [1.165, 1.54) is 11.3 Å². The minimum absolute atomic E-state index is 0.0784. The van der Waals surface area contributed by atoms with Gasteiger partial charge in [0.1, 0.15) is 10.5 Å². The maximum absolute atomic E-state index is 11.7. The van der Waals surface area contributed by atoms with Crippen LogP contribution >= 0.6 is 23.1 Å². The van der Waals surface area contributed by atoms with Crippen LogP contribution in [0.5, 0.6) is 0 Å². The molecule has 0 radical (unpaired) electrons. The third-order valence-electron chi connectivity index (χ3n) is 2.53. The molecule has 0 aliphatic carbocycles. The van der Waals surface area contributed by atoms with Gasteiger partial charge in [0.05, 0.1) is 17.4 Å². The fourth-order valence-corrected chi connectivity index (χ4v) is 2.90. The van der Waals surface area contributed by atoms with Gasteiger partial charge in [0.25, 0.3) is 5.56 Å². The summed E-state index contributed by atoms with van der Waals surface area (Å²) in [6, 6.07) is 1.85. The summed E-state index contributed by atoms with van der Waals surface area (Å²) < 4.78 is 0.669. The highest BCUT2D eigenvalue weighted by Gasteiger charge is 2.11. The molecular weight excluding hydrogens is 256 g/mol. The number of hydrogen-bond acceptors (Lipinski definition) is 5. The number of thioether (sulfide) groups is 1. The van der Waals surface area contributed by atoms with Gasteiger partial charge in [-0.3, -0.25) is 4.79 Å². The van der Waals surface area contributed by atoms with Crippen molar-refractivity contribution in [3.05, 3.63) is 27.6 Å². The van der Waals surface area contributed by atoms with Crippen LogP contribution < -0.4 is 5.56 Å². The molecule has 4 nitrogen and oxygen atoms in total. The second-order valence-corrected chi connectivity index (χ2v) is 6.19. The van der Waals surface area contributed by atoms with E-state index in [0.717, 1.165) is 5.52 Å². The molecule has 92 valence electrons. The van der Waals surface area contributed by atoms with Crippen LogP contribution in [0.15, 0.2) is 16.2 Å². The van der Waals surface area contributed by atoms with Gasteiger partial charge in [-0.15, -0.1) is 23.1 Å². The number of aromatic nitrogens is 2. The molecule has 0 saturated heterocycles. The quantitative estimate of drug-likeness (QED) is 0.891. The molecule has 2 heterocycles. The predicted octanol–water partition coefficient (Wildman–Crippen LogP) is 1.99. The first-order valence-electron chi connectivity index (χ1n) is 5.34. The van der Waals surface area contributed by atoms with Crippen molar-refractivity contribution in [1.82, 2.24) is 9.97 Å². The minimum Gasteiger partial charge on any atom is -0.392 e.